The zero-order valence-electron chi connectivity index (χ0n) is 15.8. The molecule has 4 rings (SSSR count). The van der Waals surface area contributed by atoms with E-state index < -0.39 is 12.2 Å². The van der Waals surface area contributed by atoms with Crippen molar-refractivity contribution in [3.05, 3.63) is 65.2 Å². The lowest BCUT2D eigenvalue weighted by Crippen LogP contribution is -2.39. The molecule has 6 nitrogen and oxygen atoms in total. The third kappa shape index (κ3) is 4.44. The van der Waals surface area contributed by atoms with Gasteiger partial charge in [-0.3, -0.25) is 4.79 Å². The van der Waals surface area contributed by atoms with Gasteiger partial charge in [-0.1, -0.05) is 53.4 Å². The van der Waals surface area contributed by atoms with Crippen LogP contribution in [0.4, 0.5) is 0 Å². The lowest BCUT2D eigenvalue weighted by Gasteiger charge is -2.33. The van der Waals surface area contributed by atoms with E-state index in [1.54, 1.807) is 30.4 Å². The Hall–Kier alpha value is -2.42. The molecule has 1 aliphatic rings. The highest BCUT2D eigenvalue weighted by molar-refractivity contribution is 8.00. The highest BCUT2D eigenvalue weighted by Crippen LogP contribution is 2.39. The first-order valence-electron chi connectivity index (χ1n) is 9.21. The molecular formula is C21H20N2O4S2. The minimum atomic E-state index is -0.729. The molecule has 29 heavy (non-hydrogen) atoms. The highest BCUT2D eigenvalue weighted by Gasteiger charge is 2.40. The van der Waals surface area contributed by atoms with Crippen LogP contribution in [-0.2, 0) is 4.74 Å². The van der Waals surface area contributed by atoms with Crippen molar-refractivity contribution in [3.63, 3.8) is 0 Å². The summed E-state index contributed by atoms with van der Waals surface area (Å²) in [7, 11) is 1.61. The van der Waals surface area contributed by atoms with Crippen molar-refractivity contribution >= 4 is 28.9 Å². The number of benzene rings is 2. The van der Waals surface area contributed by atoms with Gasteiger partial charge in [0.15, 0.2) is 22.3 Å². The molecule has 0 N–H and O–H groups in total. The number of para-hydroxylation sites is 2. The summed E-state index contributed by atoms with van der Waals surface area (Å²) in [6, 6.07) is 14.8. The largest absolute Gasteiger partial charge is 0.496 e. The van der Waals surface area contributed by atoms with Gasteiger partial charge in [0.2, 0.25) is 0 Å². The van der Waals surface area contributed by atoms with Crippen molar-refractivity contribution in [3.8, 4) is 11.5 Å². The number of hydrogen-bond acceptors (Lipinski definition) is 8. The molecule has 0 fully saturated rings. The van der Waals surface area contributed by atoms with Gasteiger partial charge >= 0.3 is 0 Å². The predicted molar refractivity (Wildman–Crippen MR) is 112 cm³/mol. The number of ketones is 1. The average Bonchev–Trinajstić information content (AvgIpc) is 3.28. The molecule has 0 bridgehead atoms. The van der Waals surface area contributed by atoms with Crippen LogP contribution < -0.4 is 9.47 Å². The van der Waals surface area contributed by atoms with Gasteiger partial charge in [0.05, 0.1) is 12.7 Å². The van der Waals surface area contributed by atoms with E-state index in [1.807, 2.05) is 42.5 Å². The number of Topliss-reactive ketones (excluding diaryl/α,β-unsaturated/α-hetero) is 1. The van der Waals surface area contributed by atoms with Crippen LogP contribution in [0.15, 0.2) is 58.4 Å². The first-order valence-corrected chi connectivity index (χ1v) is 11.1. The number of rotatable bonds is 8. The topological polar surface area (TPSA) is 70.5 Å². The molecule has 1 aliphatic heterocycles. The van der Waals surface area contributed by atoms with Crippen LogP contribution >= 0.6 is 23.1 Å². The van der Waals surface area contributed by atoms with Crippen LogP contribution in [0, 0.1) is 0 Å². The van der Waals surface area contributed by atoms with E-state index in [0.717, 1.165) is 22.1 Å². The van der Waals surface area contributed by atoms with Gasteiger partial charge in [0.1, 0.15) is 17.0 Å². The van der Waals surface area contributed by atoms with E-state index in [4.69, 9.17) is 14.2 Å². The zero-order chi connectivity index (χ0) is 20.1. The molecule has 2 aromatic carbocycles. The van der Waals surface area contributed by atoms with Crippen molar-refractivity contribution in [2.75, 3.05) is 19.5 Å². The maximum absolute atomic E-state index is 13.2. The molecule has 2 unspecified atom stereocenters. The molecule has 0 spiro atoms. The maximum Gasteiger partial charge on any atom is 0.199 e. The smallest absolute Gasteiger partial charge is 0.199 e. The number of methoxy groups -OCH3 is 1. The molecule has 0 amide bonds. The Labute approximate surface area is 177 Å². The normalized spacial score (nSPS) is 18.2. The van der Waals surface area contributed by atoms with Gasteiger partial charge in [-0.2, -0.15) is 0 Å². The summed E-state index contributed by atoms with van der Waals surface area (Å²) in [5, 5.41) is 7.84. The first-order chi connectivity index (χ1) is 14.3. The second-order valence-electron chi connectivity index (χ2n) is 6.34. The summed E-state index contributed by atoms with van der Waals surface area (Å²) in [6.07, 6.45) is -0.508. The van der Waals surface area contributed by atoms with Crippen LogP contribution in [0.1, 0.15) is 28.4 Å². The SMILES string of the molecule is COc1ccccc1C1Oc2ccccc2C(=O)C1OCCCSc1nncs1. The van der Waals surface area contributed by atoms with Crippen molar-refractivity contribution in [1.82, 2.24) is 10.2 Å². The quantitative estimate of drug-likeness (QED) is 0.388. The molecule has 2 heterocycles. The summed E-state index contributed by atoms with van der Waals surface area (Å²) in [4.78, 5) is 13.2. The minimum Gasteiger partial charge on any atom is -0.496 e. The third-order valence-corrected chi connectivity index (χ3v) is 6.48. The van der Waals surface area contributed by atoms with Crippen molar-refractivity contribution in [2.45, 2.75) is 23.0 Å². The summed E-state index contributed by atoms with van der Waals surface area (Å²) >= 11 is 3.15. The van der Waals surface area contributed by atoms with Gasteiger partial charge in [-0.15, -0.1) is 10.2 Å². The number of ether oxygens (including phenoxy) is 3. The molecule has 8 heteroatoms. The Bertz CT molecular complexity index is 965. The predicted octanol–water partition coefficient (Wildman–Crippen LogP) is 4.43. The fourth-order valence-corrected chi connectivity index (χ4v) is 4.68. The number of fused-ring (bicyclic) bond motifs is 1. The van der Waals surface area contributed by atoms with Crippen LogP contribution in [-0.4, -0.2) is 41.6 Å². The Morgan fingerprint density at radius 1 is 1.17 bits per heavy atom. The second kappa shape index (κ2) is 9.39. The molecule has 0 aliphatic carbocycles. The Morgan fingerprint density at radius 2 is 2.00 bits per heavy atom. The van der Waals surface area contributed by atoms with Crippen molar-refractivity contribution in [1.29, 1.82) is 0 Å². The lowest BCUT2D eigenvalue weighted by atomic mass is 9.93. The number of aromatic nitrogens is 2. The van der Waals surface area contributed by atoms with Gasteiger partial charge in [-0.25, -0.2) is 0 Å². The number of thioether (sulfide) groups is 1. The Morgan fingerprint density at radius 3 is 2.83 bits per heavy atom. The number of nitrogens with zero attached hydrogens (tertiary/aromatic N) is 2. The van der Waals surface area contributed by atoms with Gasteiger partial charge in [0, 0.05) is 17.9 Å². The van der Waals surface area contributed by atoms with E-state index in [0.29, 0.717) is 23.7 Å². The van der Waals surface area contributed by atoms with E-state index in [9.17, 15) is 4.79 Å². The monoisotopic (exact) mass is 428 g/mol. The van der Waals surface area contributed by atoms with Crippen LogP contribution in [0.2, 0.25) is 0 Å². The Kier molecular flexibility index (Phi) is 6.43. The van der Waals surface area contributed by atoms with Gasteiger partial charge in [0.25, 0.3) is 0 Å². The fourth-order valence-electron chi connectivity index (χ4n) is 3.21. The molecule has 0 radical (unpaired) electrons. The number of carbonyl (C=O) groups is 1. The lowest BCUT2D eigenvalue weighted by molar-refractivity contribution is -0.0219. The summed E-state index contributed by atoms with van der Waals surface area (Å²) in [5.41, 5.74) is 3.06. The van der Waals surface area contributed by atoms with Crippen LogP contribution in [0.5, 0.6) is 11.5 Å². The van der Waals surface area contributed by atoms with Crippen LogP contribution in [0.3, 0.4) is 0 Å². The minimum absolute atomic E-state index is 0.0699. The average molecular weight is 429 g/mol. The molecular weight excluding hydrogens is 408 g/mol. The molecule has 3 aromatic rings. The van der Waals surface area contributed by atoms with Crippen molar-refractivity contribution < 1.29 is 19.0 Å². The molecule has 0 saturated carbocycles. The summed E-state index contributed by atoms with van der Waals surface area (Å²) in [5.74, 6) is 2.01. The molecule has 2 atom stereocenters. The standard InChI is InChI=1S/C21H20N2O4S2/c1-25-16-9-4-3-8-15(16)19-20(18(24)14-7-2-5-10-17(14)27-19)26-11-6-12-28-21-23-22-13-29-21/h2-5,7-10,13,19-20H,6,11-12H2,1H3. The third-order valence-electron chi connectivity index (χ3n) is 4.54. The van der Waals surface area contributed by atoms with E-state index in [2.05, 4.69) is 10.2 Å². The maximum atomic E-state index is 13.2. The Balaban J connectivity index is 1.50. The van der Waals surface area contributed by atoms with Crippen molar-refractivity contribution in [2.24, 2.45) is 0 Å². The van der Waals surface area contributed by atoms with E-state index in [-0.39, 0.29) is 5.78 Å². The molecule has 0 saturated heterocycles. The van der Waals surface area contributed by atoms with Gasteiger partial charge in [-0.05, 0) is 24.6 Å². The highest BCUT2D eigenvalue weighted by atomic mass is 32.2. The molecule has 150 valence electrons. The van der Waals surface area contributed by atoms with E-state index >= 15 is 0 Å². The first kappa shape index (κ1) is 19.9. The zero-order valence-corrected chi connectivity index (χ0v) is 17.4. The second-order valence-corrected chi connectivity index (χ2v) is 8.51. The van der Waals surface area contributed by atoms with Crippen LogP contribution in [0.25, 0.3) is 0 Å². The summed E-state index contributed by atoms with van der Waals surface area (Å²) < 4.78 is 18.7. The molecule has 1 aromatic heterocycles. The number of hydrogen-bond donors (Lipinski definition) is 0. The number of carbonyl (C=O) groups excluding carboxylic acids is 1. The van der Waals surface area contributed by atoms with E-state index in [1.165, 1.54) is 11.3 Å². The summed E-state index contributed by atoms with van der Waals surface area (Å²) in [6.45, 7) is 0.444. The van der Waals surface area contributed by atoms with Gasteiger partial charge < -0.3 is 14.2 Å². The fraction of sp³-hybridized carbons (Fsp3) is 0.286.